The van der Waals surface area contributed by atoms with E-state index in [1.54, 1.807) is 0 Å². The summed E-state index contributed by atoms with van der Waals surface area (Å²) in [6.07, 6.45) is 0.584. The molecule has 3 rings (SSSR count). The SMILES string of the molecule is CCC(C(=O)O)c1cc2ccccc2n1Cc1ccccc1. The first-order valence-electron chi connectivity index (χ1n) is 7.55. The number of carboxylic acid groups (broad SMARTS) is 1. The van der Waals surface area contributed by atoms with Gasteiger partial charge in [-0.05, 0) is 29.5 Å². The standard InChI is InChI=1S/C19H19NO2/c1-2-16(19(21)22)18-12-15-10-6-7-11-17(15)20(18)13-14-8-4-3-5-9-14/h3-12,16H,2,13H2,1H3,(H,21,22). The van der Waals surface area contributed by atoms with Gasteiger partial charge in [0.1, 0.15) is 0 Å². The number of hydrogen-bond acceptors (Lipinski definition) is 1. The molecule has 3 nitrogen and oxygen atoms in total. The van der Waals surface area contributed by atoms with Gasteiger partial charge in [-0.15, -0.1) is 0 Å². The largest absolute Gasteiger partial charge is 0.481 e. The molecule has 22 heavy (non-hydrogen) atoms. The van der Waals surface area contributed by atoms with Crippen LogP contribution in [0, 0.1) is 0 Å². The average molecular weight is 293 g/mol. The van der Waals surface area contributed by atoms with Crippen molar-refractivity contribution in [1.29, 1.82) is 0 Å². The normalized spacial score (nSPS) is 12.4. The topological polar surface area (TPSA) is 42.2 Å². The molecule has 2 aromatic carbocycles. The molecule has 3 heteroatoms. The van der Waals surface area contributed by atoms with Crippen LogP contribution in [0.3, 0.4) is 0 Å². The lowest BCUT2D eigenvalue weighted by molar-refractivity contribution is -0.139. The summed E-state index contributed by atoms with van der Waals surface area (Å²) in [5.41, 5.74) is 3.13. The Morgan fingerprint density at radius 2 is 1.77 bits per heavy atom. The minimum absolute atomic E-state index is 0.476. The van der Waals surface area contributed by atoms with Crippen molar-refractivity contribution in [1.82, 2.24) is 4.57 Å². The zero-order valence-corrected chi connectivity index (χ0v) is 12.6. The predicted molar refractivity (Wildman–Crippen MR) is 88.1 cm³/mol. The molecule has 0 bridgehead atoms. The minimum atomic E-state index is -0.764. The highest BCUT2D eigenvalue weighted by molar-refractivity contribution is 5.85. The number of rotatable bonds is 5. The number of aromatic nitrogens is 1. The first-order valence-corrected chi connectivity index (χ1v) is 7.55. The van der Waals surface area contributed by atoms with Crippen molar-refractivity contribution in [2.75, 3.05) is 0 Å². The molecule has 0 saturated heterocycles. The number of hydrogen-bond donors (Lipinski definition) is 1. The van der Waals surface area contributed by atoms with Crippen LogP contribution in [-0.4, -0.2) is 15.6 Å². The summed E-state index contributed by atoms with van der Waals surface area (Å²) >= 11 is 0. The van der Waals surface area contributed by atoms with Crippen LogP contribution in [0.5, 0.6) is 0 Å². The van der Waals surface area contributed by atoms with Gasteiger partial charge in [0.2, 0.25) is 0 Å². The van der Waals surface area contributed by atoms with E-state index >= 15 is 0 Å². The fourth-order valence-electron chi connectivity index (χ4n) is 2.97. The molecule has 1 N–H and O–H groups in total. The van der Waals surface area contributed by atoms with Gasteiger partial charge in [0.15, 0.2) is 0 Å². The molecule has 3 aromatic rings. The lowest BCUT2D eigenvalue weighted by atomic mass is 10.0. The lowest BCUT2D eigenvalue weighted by Gasteiger charge is -2.15. The van der Waals surface area contributed by atoms with Crippen molar-refractivity contribution in [3.8, 4) is 0 Å². The Morgan fingerprint density at radius 1 is 1.09 bits per heavy atom. The van der Waals surface area contributed by atoms with Crippen molar-refractivity contribution in [3.63, 3.8) is 0 Å². The van der Waals surface area contributed by atoms with Gasteiger partial charge in [-0.1, -0.05) is 55.5 Å². The van der Waals surface area contributed by atoms with Crippen LogP contribution >= 0.6 is 0 Å². The van der Waals surface area contributed by atoms with E-state index < -0.39 is 11.9 Å². The van der Waals surface area contributed by atoms with Gasteiger partial charge in [0, 0.05) is 17.8 Å². The van der Waals surface area contributed by atoms with E-state index in [9.17, 15) is 9.90 Å². The van der Waals surface area contributed by atoms with Crippen LogP contribution in [0.15, 0.2) is 60.7 Å². The van der Waals surface area contributed by atoms with E-state index in [4.69, 9.17) is 0 Å². The molecular weight excluding hydrogens is 274 g/mol. The van der Waals surface area contributed by atoms with Crippen molar-refractivity contribution in [3.05, 3.63) is 71.9 Å². The van der Waals surface area contributed by atoms with Crippen LogP contribution in [0.4, 0.5) is 0 Å². The summed E-state index contributed by atoms with van der Waals surface area (Å²) in [7, 11) is 0. The number of carbonyl (C=O) groups is 1. The number of nitrogens with zero attached hydrogens (tertiary/aromatic N) is 1. The van der Waals surface area contributed by atoms with Crippen molar-refractivity contribution in [2.24, 2.45) is 0 Å². The lowest BCUT2D eigenvalue weighted by Crippen LogP contribution is -2.16. The van der Waals surface area contributed by atoms with Gasteiger partial charge in [0.05, 0.1) is 5.92 Å². The molecule has 1 heterocycles. The minimum Gasteiger partial charge on any atom is -0.481 e. The third kappa shape index (κ3) is 2.62. The van der Waals surface area contributed by atoms with Crippen LogP contribution in [0.25, 0.3) is 10.9 Å². The summed E-state index contributed by atoms with van der Waals surface area (Å²) in [5, 5.41) is 10.6. The molecule has 0 radical (unpaired) electrons. The summed E-state index contributed by atoms with van der Waals surface area (Å²) in [5.74, 6) is -1.24. The zero-order chi connectivity index (χ0) is 15.5. The van der Waals surface area contributed by atoms with Crippen LogP contribution in [0.1, 0.15) is 30.5 Å². The van der Waals surface area contributed by atoms with E-state index in [2.05, 4.69) is 22.8 Å². The Kier molecular flexibility index (Phi) is 3.96. The molecule has 1 aromatic heterocycles. The van der Waals surface area contributed by atoms with E-state index in [1.807, 2.05) is 49.4 Å². The first-order chi connectivity index (χ1) is 10.7. The summed E-state index contributed by atoms with van der Waals surface area (Å²) in [6, 6.07) is 20.2. The maximum Gasteiger partial charge on any atom is 0.312 e. The van der Waals surface area contributed by atoms with Crippen LogP contribution in [-0.2, 0) is 11.3 Å². The number of aliphatic carboxylic acids is 1. The van der Waals surface area contributed by atoms with E-state index in [-0.39, 0.29) is 0 Å². The Morgan fingerprint density at radius 3 is 2.45 bits per heavy atom. The van der Waals surface area contributed by atoms with Gasteiger partial charge < -0.3 is 9.67 Å². The molecule has 0 spiro atoms. The maximum atomic E-state index is 11.6. The highest BCUT2D eigenvalue weighted by Gasteiger charge is 2.23. The van der Waals surface area contributed by atoms with Crippen LogP contribution < -0.4 is 0 Å². The third-order valence-corrected chi connectivity index (χ3v) is 4.09. The molecule has 0 aliphatic rings. The molecule has 112 valence electrons. The second kappa shape index (κ2) is 6.06. The van der Waals surface area contributed by atoms with E-state index in [1.165, 1.54) is 5.56 Å². The quantitative estimate of drug-likeness (QED) is 0.763. The monoisotopic (exact) mass is 293 g/mol. The smallest absolute Gasteiger partial charge is 0.312 e. The Bertz CT molecular complexity index is 790. The molecular formula is C19H19NO2. The highest BCUT2D eigenvalue weighted by atomic mass is 16.4. The second-order valence-corrected chi connectivity index (χ2v) is 5.50. The molecule has 1 unspecified atom stereocenters. The number of benzene rings is 2. The molecule has 0 saturated carbocycles. The summed E-state index contributed by atoms with van der Waals surface area (Å²) in [4.78, 5) is 11.6. The fourth-order valence-corrected chi connectivity index (χ4v) is 2.97. The molecule has 1 atom stereocenters. The second-order valence-electron chi connectivity index (χ2n) is 5.50. The molecule has 0 fully saturated rings. The number of para-hydroxylation sites is 1. The maximum absolute atomic E-state index is 11.6. The van der Waals surface area contributed by atoms with Crippen molar-refractivity contribution in [2.45, 2.75) is 25.8 Å². The number of carboxylic acids is 1. The van der Waals surface area contributed by atoms with Gasteiger partial charge >= 0.3 is 5.97 Å². The Hall–Kier alpha value is -2.55. The zero-order valence-electron chi connectivity index (χ0n) is 12.6. The van der Waals surface area contributed by atoms with Crippen molar-refractivity contribution >= 4 is 16.9 Å². The van der Waals surface area contributed by atoms with Gasteiger partial charge in [0.25, 0.3) is 0 Å². The van der Waals surface area contributed by atoms with E-state index in [0.717, 1.165) is 16.6 Å². The average Bonchev–Trinajstić information content (AvgIpc) is 2.87. The van der Waals surface area contributed by atoms with Crippen LogP contribution in [0.2, 0.25) is 0 Å². The first kappa shape index (κ1) is 14.4. The molecule has 0 aliphatic carbocycles. The highest BCUT2D eigenvalue weighted by Crippen LogP contribution is 2.28. The predicted octanol–water partition coefficient (Wildman–Crippen LogP) is 4.27. The molecule has 0 aliphatic heterocycles. The summed E-state index contributed by atoms with van der Waals surface area (Å²) in [6.45, 7) is 2.61. The summed E-state index contributed by atoms with van der Waals surface area (Å²) < 4.78 is 2.13. The Labute approximate surface area is 129 Å². The van der Waals surface area contributed by atoms with Gasteiger partial charge in [-0.3, -0.25) is 4.79 Å². The van der Waals surface area contributed by atoms with Crippen molar-refractivity contribution < 1.29 is 9.90 Å². The molecule has 0 amide bonds. The van der Waals surface area contributed by atoms with Gasteiger partial charge in [-0.25, -0.2) is 0 Å². The van der Waals surface area contributed by atoms with E-state index in [0.29, 0.717) is 13.0 Å². The Balaban J connectivity index is 2.14. The fraction of sp³-hybridized carbons (Fsp3) is 0.211. The van der Waals surface area contributed by atoms with Gasteiger partial charge in [-0.2, -0.15) is 0 Å². The third-order valence-electron chi connectivity index (χ3n) is 4.09. The number of fused-ring (bicyclic) bond motifs is 1.